The molecule has 2 heterocycles. The maximum Gasteiger partial charge on any atom is 0.257 e. The topological polar surface area (TPSA) is 51.7 Å². The van der Waals surface area contributed by atoms with E-state index in [0.29, 0.717) is 23.6 Å². The fourth-order valence-corrected chi connectivity index (χ4v) is 2.25. The van der Waals surface area contributed by atoms with E-state index in [2.05, 4.69) is 4.98 Å². The Labute approximate surface area is 123 Å². The molecule has 0 N–H and O–H groups in total. The van der Waals surface area contributed by atoms with Crippen LogP contribution in [0.4, 0.5) is 0 Å². The van der Waals surface area contributed by atoms with Gasteiger partial charge in [-0.2, -0.15) is 0 Å². The van der Waals surface area contributed by atoms with Crippen molar-refractivity contribution in [3.63, 3.8) is 0 Å². The van der Waals surface area contributed by atoms with Gasteiger partial charge in [0.05, 0.1) is 5.56 Å². The molecule has 1 aliphatic heterocycles. The van der Waals surface area contributed by atoms with Crippen molar-refractivity contribution in [2.24, 2.45) is 0 Å². The van der Waals surface area contributed by atoms with E-state index in [1.807, 2.05) is 12.1 Å². The van der Waals surface area contributed by atoms with Crippen LogP contribution in [-0.4, -0.2) is 36.2 Å². The summed E-state index contributed by atoms with van der Waals surface area (Å²) in [6.45, 7) is 0.799. The summed E-state index contributed by atoms with van der Waals surface area (Å²) in [6.07, 6.45) is 4.30. The monoisotopic (exact) mass is 284 g/mol. The Balaban J connectivity index is 1.69. The van der Waals surface area contributed by atoms with Crippen molar-refractivity contribution < 1.29 is 14.3 Å². The van der Waals surface area contributed by atoms with Gasteiger partial charge >= 0.3 is 0 Å². The van der Waals surface area contributed by atoms with E-state index in [1.54, 1.807) is 42.5 Å². The molecule has 1 amide bonds. The third-order valence-corrected chi connectivity index (χ3v) is 3.46. The molecular weight excluding hydrogens is 268 g/mol. The van der Waals surface area contributed by atoms with Crippen LogP contribution in [0, 0.1) is 0 Å². The number of amides is 1. The number of carbonyl (C=O) groups excluding carboxylic acids is 1. The molecule has 2 aromatic rings. The summed E-state index contributed by atoms with van der Waals surface area (Å²) in [7, 11) is 1.79. The lowest BCUT2D eigenvalue weighted by atomic mass is 10.1. The number of hydrogen-bond donors (Lipinski definition) is 0. The molecule has 0 spiro atoms. The van der Waals surface area contributed by atoms with Crippen LogP contribution in [0.2, 0.25) is 0 Å². The number of rotatable bonds is 4. The lowest BCUT2D eigenvalue weighted by Gasteiger charge is -2.18. The molecule has 21 heavy (non-hydrogen) atoms. The van der Waals surface area contributed by atoms with Gasteiger partial charge in [-0.3, -0.25) is 9.78 Å². The Morgan fingerprint density at radius 1 is 1.24 bits per heavy atom. The number of benzene rings is 1. The molecule has 5 nitrogen and oxygen atoms in total. The number of aromatic nitrogens is 1. The van der Waals surface area contributed by atoms with E-state index in [9.17, 15) is 4.79 Å². The first-order valence-corrected chi connectivity index (χ1v) is 6.78. The summed E-state index contributed by atoms with van der Waals surface area (Å²) in [5, 5.41) is 0. The van der Waals surface area contributed by atoms with Crippen molar-refractivity contribution in [3.05, 3.63) is 53.9 Å². The third-order valence-electron chi connectivity index (χ3n) is 3.46. The van der Waals surface area contributed by atoms with E-state index < -0.39 is 0 Å². The SMILES string of the molecule is CN(CCc1ccncc1)C(=O)c1cccc2c1OCO2. The van der Waals surface area contributed by atoms with Gasteiger partial charge in [-0.1, -0.05) is 6.07 Å². The Hall–Kier alpha value is -2.56. The third kappa shape index (κ3) is 2.81. The molecule has 0 unspecified atom stereocenters. The first-order valence-electron chi connectivity index (χ1n) is 6.78. The van der Waals surface area contributed by atoms with Crippen molar-refractivity contribution in [3.8, 4) is 11.5 Å². The van der Waals surface area contributed by atoms with E-state index in [4.69, 9.17) is 9.47 Å². The highest BCUT2D eigenvalue weighted by Gasteiger charge is 2.23. The van der Waals surface area contributed by atoms with Gasteiger partial charge in [0.15, 0.2) is 11.5 Å². The predicted octanol–water partition coefficient (Wildman–Crippen LogP) is 2.12. The number of carbonyl (C=O) groups is 1. The Kier molecular flexibility index (Phi) is 3.73. The summed E-state index contributed by atoms with van der Waals surface area (Å²) in [6, 6.07) is 9.28. The number of likely N-dealkylation sites (N-methyl/N-ethyl adjacent to an activating group) is 1. The van der Waals surface area contributed by atoms with Gasteiger partial charge in [0.25, 0.3) is 5.91 Å². The molecule has 0 aliphatic carbocycles. The number of fused-ring (bicyclic) bond motifs is 1. The van der Waals surface area contributed by atoms with Gasteiger partial charge in [-0.15, -0.1) is 0 Å². The van der Waals surface area contributed by atoms with Crippen LogP contribution in [-0.2, 0) is 6.42 Å². The zero-order chi connectivity index (χ0) is 14.7. The molecule has 5 heteroatoms. The van der Waals surface area contributed by atoms with E-state index >= 15 is 0 Å². The number of para-hydroxylation sites is 1. The molecule has 1 aromatic carbocycles. The molecule has 1 aromatic heterocycles. The van der Waals surface area contributed by atoms with Gasteiger partial charge in [-0.25, -0.2) is 0 Å². The molecular formula is C16H16N2O3. The van der Waals surface area contributed by atoms with Crippen LogP contribution in [0.1, 0.15) is 15.9 Å². The van der Waals surface area contributed by atoms with Crippen LogP contribution in [0.3, 0.4) is 0 Å². The molecule has 3 rings (SSSR count). The quantitative estimate of drug-likeness (QED) is 0.863. The molecule has 0 fully saturated rings. The van der Waals surface area contributed by atoms with Crippen molar-refractivity contribution in [1.82, 2.24) is 9.88 Å². The zero-order valence-electron chi connectivity index (χ0n) is 11.8. The van der Waals surface area contributed by atoms with Crippen LogP contribution in [0.15, 0.2) is 42.7 Å². The zero-order valence-corrected chi connectivity index (χ0v) is 11.8. The molecule has 0 bridgehead atoms. The molecule has 108 valence electrons. The van der Waals surface area contributed by atoms with Crippen LogP contribution < -0.4 is 9.47 Å². The van der Waals surface area contributed by atoms with Gasteiger partial charge < -0.3 is 14.4 Å². The highest BCUT2D eigenvalue weighted by molar-refractivity contribution is 5.97. The fourth-order valence-electron chi connectivity index (χ4n) is 2.25. The second kappa shape index (κ2) is 5.83. The largest absolute Gasteiger partial charge is 0.454 e. The van der Waals surface area contributed by atoms with E-state index in [0.717, 1.165) is 12.0 Å². The number of ether oxygens (including phenoxy) is 2. The van der Waals surface area contributed by atoms with Crippen molar-refractivity contribution >= 4 is 5.91 Å². The molecule has 1 aliphatic rings. The Morgan fingerprint density at radius 3 is 2.86 bits per heavy atom. The van der Waals surface area contributed by atoms with Crippen molar-refractivity contribution in [2.45, 2.75) is 6.42 Å². The van der Waals surface area contributed by atoms with Gasteiger partial charge in [-0.05, 0) is 36.2 Å². The average molecular weight is 284 g/mol. The molecule has 0 saturated carbocycles. The fraction of sp³-hybridized carbons (Fsp3) is 0.250. The number of pyridine rings is 1. The standard InChI is InChI=1S/C16H16N2O3/c1-18(10-7-12-5-8-17-9-6-12)16(19)13-3-2-4-14-15(13)21-11-20-14/h2-6,8-9H,7,10-11H2,1H3. The molecule has 0 radical (unpaired) electrons. The van der Waals surface area contributed by atoms with Crippen molar-refractivity contribution in [1.29, 1.82) is 0 Å². The van der Waals surface area contributed by atoms with Crippen LogP contribution >= 0.6 is 0 Å². The molecule has 0 saturated heterocycles. The second-order valence-electron chi connectivity index (χ2n) is 4.87. The molecule has 0 atom stereocenters. The normalized spacial score (nSPS) is 12.2. The number of hydrogen-bond acceptors (Lipinski definition) is 4. The smallest absolute Gasteiger partial charge is 0.257 e. The second-order valence-corrected chi connectivity index (χ2v) is 4.87. The van der Waals surface area contributed by atoms with Crippen molar-refractivity contribution in [2.75, 3.05) is 20.4 Å². The first-order chi connectivity index (χ1) is 10.3. The van der Waals surface area contributed by atoms with Gasteiger partial charge in [0, 0.05) is 26.0 Å². The minimum atomic E-state index is -0.0635. The first kappa shape index (κ1) is 13.4. The van der Waals surface area contributed by atoms with E-state index in [-0.39, 0.29) is 12.7 Å². The summed E-state index contributed by atoms with van der Waals surface area (Å²) < 4.78 is 10.7. The summed E-state index contributed by atoms with van der Waals surface area (Å²) in [5.74, 6) is 1.10. The Bertz CT molecular complexity index is 643. The maximum atomic E-state index is 12.5. The average Bonchev–Trinajstić information content (AvgIpc) is 3.01. The van der Waals surface area contributed by atoms with E-state index in [1.165, 1.54) is 0 Å². The Morgan fingerprint density at radius 2 is 2.05 bits per heavy atom. The van der Waals surface area contributed by atoms with Gasteiger partial charge in [0.2, 0.25) is 6.79 Å². The van der Waals surface area contributed by atoms with Gasteiger partial charge in [0.1, 0.15) is 0 Å². The van der Waals surface area contributed by atoms with Crippen LogP contribution in [0.25, 0.3) is 0 Å². The lowest BCUT2D eigenvalue weighted by molar-refractivity contribution is 0.0792. The maximum absolute atomic E-state index is 12.5. The minimum absolute atomic E-state index is 0.0635. The summed E-state index contributed by atoms with van der Waals surface area (Å²) in [5.41, 5.74) is 1.70. The summed E-state index contributed by atoms with van der Waals surface area (Å²) in [4.78, 5) is 18.2. The highest BCUT2D eigenvalue weighted by Crippen LogP contribution is 2.35. The minimum Gasteiger partial charge on any atom is -0.454 e. The number of nitrogens with zero attached hydrogens (tertiary/aromatic N) is 2. The van der Waals surface area contributed by atoms with Crippen LogP contribution in [0.5, 0.6) is 11.5 Å². The predicted molar refractivity (Wildman–Crippen MR) is 77.5 cm³/mol. The highest BCUT2D eigenvalue weighted by atomic mass is 16.7. The lowest BCUT2D eigenvalue weighted by Crippen LogP contribution is -2.29. The summed E-state index contributed by atoms with van der Waals surface area (Å²) >= 11 is 0.